The van der Waals surface area contributed by atoms with Crippen LogP contribution in [0.25, 0.3) is 0 Å². The summed E-state index contributed by atoms with van der Waals surface area (Å²) >= 11 is 0. The maximum absolute atomic E-state index is 12.3. The number of primary amides is 1. The molecule has 1 atom stereocenters. The van der Waals surface area contributed by atoms with Crippen molar-refractivity contribution in [2.75, 3.05) is 52.4 Å². The van der Waals surface area contributed by atoms with Gasteiger partial charge in [-0.15, -0.1) is 0 Å². The second-order valence-corrected chi connectivity index (χ2v) is 5.79. The minimum Gasteiger partial charge on any atom is -0.369 e. The smallest absolute Gasteiger partial charge is 0.236 e. The third-order valence-corrected chi connectivity index (χ3v) is 4.45. The number of nitrogens with two attached hydrogens (primary N) is 1. The van der Waals surface area contributed by atoms with Crippen LogP contribution in [-0.2, 0) is 9.59 Å². The van der Waals surface area contributed by atoms with Crippen LogP contribution < -0.4 is 5.73 Å². The predicted octanol–water partition coefficient (Wildman–Crippen LogP) is -0.652. The molecule has 0 aliphatic carbocycles. The zero-order chi connectivity index (χ0) is 14.5. The summed E-state index contributed by atoms with van der Waals surface area (Å²) < 4.78 is 0. The van der Waals surface area contributed by atoms with Gasteiger partial charge in [0.25, 0.3) is 0 Å². The molecule has 0 spiro atoms. The first-order valence-corrected chi connectivity index (χ1v) is 7.62. The van der Waals surface area contributed by atoms with E-state index in [2.05, 4.69) is 16.7 Å². The SMILES string of the molecule is CCN1CCN(CC(=O)N2CCCC(C(N)=O)C2)CC1. The molecule has 2 fully saturated rings. The molecular weight excluding hydrogens is 256 g/mol. The van der Waals surface area contributed by atoms with Gasteiger partial charge < -0.3 is 15.5 Å². The van der Waals surface area contributed by atoms with Gasteiger partial charge in [-0.05, 0) is 19.4 Å². The summed E-state index contributed by atoms with van der Waals surface area (Å²) in [6.07, 6.45) is 1.69. The number of carbonyl (C=O) groups excluding carboxylic acids is 2. The molecule has 0 aromatic carbocycles. The molecule has 20 heavy (non-hydrogen) atoms. The number of likely N-dealkylation sites (N-methyl/N-ethyl adjacent to an activating group) is 1. The van der Waals surface area contributed by atoms with Crippen molar-refractivity contribution >= 4 is 11.8 Å². The number of amides is 2. The van der Waals surface area contributed by atoms with Crippen LogP contribution in [0.3, 0.4) is 0 Å². The molecule has 0 saturated carbocycles. The molecule has 0 radical (unpaired) electrons. The summed E-state index contributed by atoms with van der Waals surface area (Å²) in [6, 6.07) is 0. The van der Waals surface area contributed by atoms with Gasteiger partial charge in [0, 0.05) is 39.3 Å². The number of rotatable bonds is 4. The average Bonchev–Trinajstić information content (AvgIpc) is 2.48. The summed E-state index contributed by atoms with van der Waals surface area (Å²) in [6.45, 7) is 8.96. The largest absolute Gasteiger partial charge is 0.369 e. The Balaban J connectivity index is 1.78. The highest BCUT2D eigenvalue weighted by atomic mass is 16.2. The summed E-state index contributed by atoms with van der Waals surface area (Å²) in [4.78, 5) is 30.0. The van der Waals surface area contributed by atoms with E-state index in [1.54, 1.807) is 0 Å². The molecule has 6 heteroatoms. The average molecular weight is 282 g/mol. The standard InChI is InChI=1S/C14H26N4O2/c1-2-16-6-8-17(9-7-16)11-13(19)18-5-3-4-12(10-18)14(15)20/h12H,2-11H2,1H3,(H2,15,20). The lowest BCUT2D eigenvalue weighted by atomic mass is 9.97. The molecule has 2 amide bonds. The Hall–Kier alpha value is -1.14. The summed E-state index contributed by atoms with van der Waals surface area (Å²) in [7, 11) is 0. The van der Waals surface area contributed by atoms with Crippen molar-refractivity contribution in [3.05, 3.63) is 0 Å². The molecular formula is C14H26N4O2. The van der Waals surface area contributed by atoms with Crippen LogP contribution in [0.5, 0.6) is 0 Å². The Morgan fingerprint density at radius 1 is 1.10 bits per heavy atom. The number of nitrogens with zero attached hydrogens (tertiary/aromatic N) is 3. The summed E-state index contributed by atoms with van der Waals surface area (Å²) in [5.41, 5.74) is 5.35. The Kier molecular flexibility index (Phi) is 5.37. The van der Waals surface area contributed by atoms with Gasteiger partial charge in [-0.25, -0.2) is 0 Å². The van der Waals surface area contributed by atoms with Gasteiger partial charge in [-0.3, -0.25) is 14.5 Å². The quantitative estimate of drug-likeness (QED) is 0.744. The summed E-state index contributed by atoms with van der Waals surface area (Å²) in [5.74, 6) is -0.301. The number of hydrogen-bond acceptors (Lipinski definition) is 4. The Morgan fingerprint density at radius 2 is 1.75 bits per heavy atom. The molecule has 1 unspecified atom stereocenters. The molecule has 2 rings (SSSR count). The second-order valence-electron chi connectivity index (χ2n) is 5.79. The zero-order valence-electron chi connectivity index (χ0n) is 12.4. The van der Waals surface area contributed by atoms with E-state index in [0.717, 1.165) is 52.1 Å². The molecule has 2 aliphatic rings. The van der Waals surface area contributed by atoms with Gasteiger partial charge in [0.15, 0.2) is 0 Å². The van der Waals surface area contributed by atoms with Crippen LogP contribution in [-0.4, -0.2) is 78.9 Å². The maximum atomic E-state index is 12.3. The topological polar surface area (TPSA) is 69.9 Å². The van der Waals surface area contributed by atoms with Crippen LogP contribution in [0.15, 0.2) is 0 Å². The van der Waals surface area contributed by atoms with Crippen LogP contribution >= 0.6 is 0 Å². The van der Waals surface area contributed by atoms with Gasteiger partial charge >= 0.3 is 0 Å². The lowest BCUT2D eigenvalue weighted by Crippen LogP contribution is -2.52. The van der Waals surface area contributed by atoms with Gasteiger partial charge in [-0.1, -0.05) is 6.92 Å². The van der Waals surface area contributed by atoms with Gasteiger partial charge in [0.2, 0.25) is 11.8 Å². The molecule has 0 aromatic rings. The minimum absolute atomic E-state index is 0.140. The summed E-state index contributed by atoms with van der Waals surface area (Å²) in [5, 5.41) is 0. The van der Waals surface area contributed by atoms with Crippen molar-refractivity contribution in [2.45, 2.75) is 19.8 Å². The monoisotopic (exact) mass is 282 g/mol. The number of carbonyl (C=O) groups is 2. The van der Waals surface area contributed by atoms with E-state index in [1.807, 2.05) is 4.90 Å². The van der Waals surface area contributed by atoms with Crippen molar-refractivity contribution < 1.29 is 9.59 Å². The third kappa shape index (κ3) is 3.93. The van der Waals surface area contributed by atoms with Gasteiger partial charge in [-0.2, -0.15) is 0 Å². The van der Waals surface area contributed by atoms with Gasteiger partial charge in [0.05, 0.1) is 12.5 Å². The van der Waals surface area contributed by atoms with E-state index < -0.39 is 0 Å². The highest BCUT2D eigenvalue weighted by Gasteiger charge is 2.28. The van der Waals surface area contributed by atoms with Crippen molar-refractivity contribution in [1.29, 1.82) is 0 Å². The lowest BCUT2D eigenvalue weighted by Gasteiger charge is -2.36. The fourth-order valence-electron chi connectivity index (χ4n) is 2.99. The first kappa shape index (κ1) is 15.3. The normalized spacial score (nSPS) is 25.6. The van der Waals surface area contributed by atoms with E-state index in [0.29, 0.717) is 13.1 Å². The van der Waals surface area contributed by atoms with E-state index in [-0.39, 0.29) is 17.7 Å². The van der Waals surface area contributed by atoms with Crippen LogP contribution in [0.1, 0.15) is 19.8 Å². The maximum Gasteiger partial charge on any atom is 0.236 e. The van der Waals surface area contributed by atoms with Crippen LogP contribution in [0.4, 0.5) is 0 Å². The van der Waals surface area contributed by atoms with Crippen molar-refractivity contribution in [3.8, 4) is 0 Å². The molecule has 0 bridgehead atoms. The molecule has 114 valence electrons. The van der Waals surface area contributed by atoms with Crippen molar-refractivity contribution in [3.63, 3.8) is 0 Å². The first-order valence-electron chi connectivity index (χ1n) is 7.62. The predicted molar refractivity (Wildman–Crippen MR) is 77.1 cm³/mol. The van der Waals surface area contributed by atoms with E-state index in [9.17, 15) is 9.59 Å². The molecule has 2 saturated heterocycles. The molecule has 2 heterocycles. The number of piperazine rings is 1. The van der Waals surface area contributed by atoms with E-state index >= 15 is 0 Å². The molecule has 2 aliphatic heterocycles. The van der Waals surface area contributed by atoms with E-state index in [1.165, 1.54) is 0 Å². The van der Waals surface area contributed by atoms with Crippen molar-refractivity contribution in [1.82, 2.24) is 14.7 Å². The molecule has 6 nitrogen and oxygen atoms in total. The first-order chi connectivity index (χ1) is 9.60. The fraction of sp³-hybridized carbons (Fsp3) is 0.857. The second kappa shape index (κ2) is 7.04. The Morgan fingerprint density at radius 3 is 2.35 bits per heavy atom. The van der Waals surface area contributed by atoms with E-state index in [4.69, 9.17) is 5.73 Å². The molecule has 0 aromatic heterocycles. The highest BCUT2D eigenvalue weighted by molar-refractivity contribution is 5.81. The van der Waals surface area contributed by atoms with Gasteiger partial charge in [0.1, 0.15) is 0 Å². The number of piperidine rings is 1. The molecule has 2 N–H and O–H groups in total. The Bertz CT molecular complexity index is 353. The minimum atomic E-state index is -0.279. The third-order valence-electron chi connectivity index (χ3n) is 4.45. The Labute approximate surface area is 120 Å². The van der Waals surface area contributed by atoms with Crippen LogP contribution in [0, 0.1) is 5.92 Å². The fourth-order valence-corrected chi connectivity index (χ4v) is 2.99. The highest BCUT2D eigenvalue weighted by Crippen LogP contribution is 2.16. The van der Waals surface area contributed by atoms with Crippen molar-refractivity contribution in [2.24, 2.45) is 11.7 Å². The van der Waals surface area contributed by atoms with Crippen LogP contribution in [0.2, 0.25) is 0 Å². The number of hydrogen-bond donors (Lipinski definition) is 1. The number of likely N-dealkylation sites (tertiary alicyclic amines) is 1. The lowest BCUT2D eigenvalue weighted by molar-refractivity contribution is -0.136. The zero-order valence-corrected chi connectivity index (χ0v) is 12.4.